The van der Waals surface area contributed by atoms with E-state index in [1.54, 1.807) is 19.1 Å². The Labute approximate surface area is 179 Å². The molecule has 0 fully saturated rings. The average Bonchev–Trinajstić information content (AvgIpc) is 3.06. The Bertz CT molecular complexity index is 1120. The highest BCUT2D eigenvalue weighted by Gasteiger charge is 2.36. The lowest BCUT2D eigenvalue weighted by Crippen LogP contribution is -2.30. The lowest BCUT2D eigenvalue weighted by molar-refractivity contribution is -0.139. The molecule has 2 aromatic carbocycles. The lowest BCUT2D eigenvalue weighted by atomic mass is 9.93. The van der Waals surface area contributed by atoms with Crippen LogP contribution in [0.5, 0.6) is 0 Å². The van der Waals surface area contributed by atoms with E-state index in [4.69, 9.17) is 32.9 Å². The molecule has 0 saturated heterocycles. The van der Waals surface area contributed by atoms with Crippen molar-refractivity contribution in [3.05, 3.63) is 69.3 Å². The minimum Gasteiger partial charge on any atom is -0.463 e. The third-order valence-electron chi connectivity index (χ3n) is 4.97. The van der Waals surface area contributed by atoms with Crippen molar-refractivity contribution < 1.29 is 9.53 Å². The van der Waals surface area contributed by atoms with E-state index in [9.17, 15) is 4.79 Å². The Morgan fingerprint density at radius 2 is 2.00 bits per heavy atom. The van der Waals surface area contributed by atoms with Crippen molar-refractivity contribution in [3.8, 4) is 0 Å². The maximum Gasteiger partial charge on any atom is 0.338 e. The van der Waals surface area contributed by atoms with Crippen LogP contribution in [-0.4, -0.2) is 22.1 Å². The number of para-hydroxylation sites is 2. The lowest BCUT2D eigenvalue weighted by Gasteiger charge is -2.31. The largest absolute Gasteiger partial charge is 0.463 e. The number of imidazole rings is 1. The molecular formula is C22H21Cl2N3O2. The molecule has 1 aliphatic heterocycles. The second-order valence-corrected chi connectivity index (χ2v) is 7.69. The van der Waals surface area contributed by atoms with Crippen molar-refractivity contribution in [3.63, 3.8) is 0 Å². The van der Waals surface area contributed by atoms with Gasteiger partial charge in [-0.2, -0.15) is 0 Å². The zero-order valence-electron chi connectivity index (χ0n) is 16.2. The molecule has 3 aromatic rings. The molecule has 5 nitrogen and oxygen atoms in total. The van der Waals surface area contributed by atoms with Gasteiger partial charge in [0, 0.05) is 15.7 Å². The van der Waals surface area contributed by atoms with Gasteiger partial charge >= 0.3 is 5.97 Å². The van der Waals surface area contributed by atoms with Crippen LogP contribution in [0.2, 0.25) is 10.0 Å². The van der Waals surface area contributed by atoms with E-state index < -0.39 is 6.04 Å². The Morgan fingerprint density at radius 3 is 2.72 bits per heavy atom. The molecule has 29 heavy (non-hydrogen) atoms. The van der Waals surface area contributed by atoms with Crippen LogP contribution in [0.1, 0.15) is 38.3 Å². The normalized spacial score (nSPS) is 15.9. The van der Waals surface area contributed by atoms with Crippen LogP contribution in [0, 0.1) is 0 Å². The summed E-state index contributed by atoms with van der Waals surface area (Å²) in [5, 5.41) is 4.40. The summed E-state index contributed by atoms with van der Waals surface area (Å²) in [6, 6.07) is 12.7. The first-order valence-electron chi connectivity index (χ1n) is 9.64. The molecule has 1 aliphatic rings. The Hall–Kier alpha value is -2.50. The summed E-state index contributed by atoms with van der Waals surface area (Å²) < 4.78 is 7.45. The van der Waals surface area contributed by atoms with Crippen LogP contribution in [0.3, 0.4) is 0 Å². The van der Waals surface area contributed by atoms with Crippen molar-refractivity contribution in [1.82, 2.24) is 9.55 Å². The molecule has 7 heteroatoms. The number of hydrogen-bond donors (Lipinski definition) is 1. The standard InChI is InChI=1S/C22H21Cl2N3O2/c1-3-7-17-19(21(28)29-4-2)20(14-11-10-13(23)12-15(14)24)27-18-9-6-5-8-16(18)25-22(27)26-17/h5-6,8-12,20H,3-4,7H2,1-2H3,(H,25,26)/t20-/m0/s1. The van der Waals surface area contributed by atoms with Gasteiger partial charge in [0.05, 0.1) is 29.3 Å². The average molecular weight is 430 g/mol. The monoisotopic (exact) mass is 429 g/mol. The number of nitrogens with one attached hydrogen (secondary N) is 1. The van der Waals surface area contributed by atoms with Crippen LogP contribution in [-0.2, 0) is 9.53 Å². The molecule has 150 valence electrons. The third kappa shape index (κ3) is 3.49. The second-order valence-electron chi connectivity index (χ2n) is 6.85. The topological polar surface area (TPSA) is 56.2 Å². The number of allylic oxidation sites excluding steroid dienone is 1. The zero-order chi connectivity index (χ0) is 20.5. The number of hydrogen-bond acceptors (Lipinski definition) is 4. The maximum absolute atomic E-state index is 13.1. The SMILES string of the molecule is CCCC1=C(C(=O)OCC)[C@H](c2ccc(Cl)cc2Cl)n2c(nc3ccccc32)N1. The van der Waals surface area contributed by atoms with Gasteiger partial charge in [0.25, 0.3) is 0 Å². The van der Waals surface area contributed by atoms with Gasteiger partial charge in [-0.05, 0) is 43.2 Å². The summed E-state index contributed by atoms with van der Waals surface area (Å²) in [5.41, 5.74) is 3.88. The summed E-state index contributed by atoms with van der Waals surface area (Å²) in [4.78, 5) is 17.8. The number of ether oxygens (including phenoxy) is 1. The highest BCUT2D eigenvalue weighted by Crippen LogP contribution is 2.43. The van der Waals surface area contributed by atoms with E-state index in [1.807, 2.05) is 34.9 Å². The number of nitrogens with zero attached hydrogens (tertiary/aromatic N) is 2. The van der Waals surface area contributed by atoms with E-state index in [0.717, 1.165) is 28.7 Å². The van der Waals surface area contributed by atoms with E-state index in [-0.39, 0.29) is 5.97 Å². The highest BCUT2D eigenvalue weighted by molar-refractivity contribution is 6.35. The molecule has 0 spiro atoms. The van der Waals surface area contributed by atoms with Gasteiger partial charge in [-0.1, -0.05) is 54.7 Å². The number of aromatic nitrogens is 2. The smallest absolute Gasteiger partial charge is 0.338 e. The number of benzene rings is 2. The minimum absolute atomic E-state index is 0.292. The number of fused-ring (bicyclic) bond motifs is 3. The number of esters is 1. The number of carbonyl (C=O) groups excluding carboxylic acids is 1. The molecule has 2 heterocycles. The van der Waals surface area contributed by atoms with Crippen LogP contribution in [0.4, 0.5) is 5.95 Å². The predicted octanol–water partition coefficient (Wildman–Crippen LogP) is 5.98. The van der Waals surface area contributed by atoms with Gasteiger partial charge in [0.2, 0.25) is 5.95 Å². The fourth-order valence-electron chi connectivity index (χ4n) is 3.80. The van der Waals surface area contributed by atoms with Crippen molar-refractivity contribution >= 4 is 46.2 Å². The third-order valence-corrected chi connectivity index (χ3v) is 5.53. The first kappa shape index (κ1) is 19.8. The molecule has 1 N–H and O–H groups in total. The van der Waals surface area contributed by atoms with E-state index in [0.29, 0.717) is 34.6 Å². The summed E-state index contributed by atoms with van der Waals surface area (Å²) in [5.74, 6) is 0.321. The van der Waals surface area contributed by atoms with Gasteiger partial charge in [-0.3, -0.25) is 4.57 Å². The van der Waals surface area contributed by atoms with E-state index in [1.165, 1.54) is 0 Å². The molecule has 1 aromatic heterocycles. The van der Waals surface area contributed by atoms with Crippen molar-refractivity contribution in [2.24, 2.45) is 0 Å². The highest BCUT2D eigenvalue weighted by atomic mass is 35.5. The Morgan fingerprint density at radius 1 is 1.21 bits per heavy atom. The van der Waals surface area contributed by atoms with Gasteiger partial charge in [-0.15, -0.1) is 0 Å². The first-order chi connectivity index (χ1) is 14.0. The minimum atomic E-state index is -0.469. The van der Waals surface area contributed by atoms with Crippen LogP contribution >= 0.6 is 23.2 Å². The second kappa shape index (κ2) is 8.09. The van der Waals surface area contributed by atoms with Crippen LogP contribution < -0.4 is 5.32 Å². The summed E-state index contributed by atoms with van der Waals surface area (Å²) in [7, 11) is 0. The van der Waals surface area contributed by atoms with Crippen LogP contribution in [0.25, 0.3) is 11.0 Å². The fraction of sp³-hybridized carbons (Fsp3) is 0.273. The molecular weight excluding hydrogens is 409 g/mol. The summed E-state index contributed by atoms with van der Waals surface area (Å²) in [6.45, 7) is 4.16. The first-order valence-corrected chi connectivity index (χ1v) is 10.4. The van der Waals surface area contributed by atoms with Crippen molar-refractivity contribution in [2.75, 3.05) is 11.9 Å². The van der Waals surface area contributed by atoms with Crippen LogP contribution in [0.15, 0.2) is 53.7 Å². The van der Waals surface area contributed by atoms with Gasteiger partial charge in [0.1, 0.15) is 0 Å². The van der Waals surface area contributed by atoms with Gasteiger partial charge < -0.3 is 10.1 Å². The fourth-order valence-corrected chi connectivity index (χ4v) is 4.31. The molecule has 0 radical (unpaired) electrons. The molecule has 0 amide bonds. The van der Waals surface area contributed by atoms with Crippen molar-refractivity contribution in [2.45, 2.75) is 32.7 Å². The molecule has 4 rings (SSSR count). The number of anilines is 1. The molecule has 0 aliphatic carbocycles. The quantitative estimate of drug-likeness (QED) is 0.507. The molecule has 0 bridgehead atoms. The van der Waals surface area contributed by atoms with E-state index in [2.05, 4.69) is 12.2 Å². The maximum atomic E-state index is 13.1. The van der Waals surface area contributed by atoms with Crippen molar-refractivity contribution in [1.29, 1.82) is 0 Å². The number of halogens is 2. The molecule has 0 saturated carbocycles. The Balaban J connectivity index is 2.02. The predicted molar refractivity (Wildman–Crippen MR) is 117 cm³/mol. The van der Waals surface area contributed by atoms with Gasteiger partial charge in [-0.25, -0.2) is 9.78 Å². The summed E-state index contributed by atoms with van der Waals surface area (Å²) >= 11 is 12.7. The number of rotatable bonds is 5. The van der Waals surface area contributed by atoms with Gasteiger partial charge in [0.15, 0.2) is 0 Å². The molecule has 1 atom stereocenters. The number of carbonyl (C=O) groups is 1. The Kier molecular flexibility index (Phi) is 5.52. The molecule has 0 unspecified atom stereocenters. The zero-order valence-corrected chi connectivity index (χ0v) is 17.7. The van der Waals surface area contributed by atoms with E-state index >= 15 is 0 Å². The summed E-state index contributed by atoms with van der Waals surface area (Å²) in [6.07, 6.45) is 1.56.